The topological polar surface area (TPSA) is 79.2 Å². The summed E-state index contributed by atoms with van der Waals surface area (Å²) in [6.07, 6.45) is 6.78. The average Bonchev–Trinajstić information content (AvgIpc) is 3.27. The Labute approximate surface area is 231 Å². The number of rotatable bonds is 11. The second-order valence-corrected chi connectivity index (χ2v) is 10.7. The summed E-state index contributed by atoms with van der Waals surface area (Å²) in [7, 11) is 3.27. The minimum Gasteiger partial charge on any atom is -0.494 e. The minimum atomic E-state index is -0.136. The summed E-state index contributed by atoms with van der Waals surface area (Å²) < 4.78 is 13.1. The highest BCUT2D eigenvalue weighted by atomic mass is 16.5. The Morgan fingerprint density at radius 1 is 1.05 bits per heavy atom. The second kappa shape index (κ2) is 12.2. The summed E-state index contributed by atoms with van der Waals surface area (Å²) in [5.41, 5.74) is 2.18. The Morgan fingerprint density at radius 3 is 2.49 bits per heavy atom. The van der Waals surface area contributed by atoms with Gasteiger partial charge in [0.05, 0.1) is 20.3 Å². The molecule has 2 heterocycles. The number of fused-ring (bicyclic) bond motifs is 1. The third kappa shape index (κ3) is 5.66. The van der Waals surface area contributed by atoms with Crippen LogP contribution in [0.15, 0.2) is 42.6 Å². The zero-order valence-electron chi connectivity index (χ0n) is 23.5. The molecule has 1 aliphatic carbocycles. The van der Waals surface area contributed by atoms with Crippen molar-refractivity contribution in [2.45, 2.75) is 45.1 Å². The van der Waals surface area contributed by atoms with Crippen LogP contribution in [0.5, 0.6) is 17.4 Å². The summed E-state index contributed by atoms with van der Waals surface area (Å²) in [5, 5.41) is 16.6. The van der Waals surface area contributed by atoms with Gasteiger partial charge in [-0.15, -0.1) is 0 Å². The number of benzene rings is 2. The average molecular weight is 535 g/mol. The molecule has 1 saturated carbocycles. The minimum absolute atomic E-state index is 0.136. The van der Waals surface area contributed by atoms with E-state index in [2.05, 4.69) is 34.3 Å². The SMILES string of the molecule is CCN1CCN(c2cccc3c(O)n([C@H](CCCNC(=O)C4CCC4)c4ccc(OC)c(OC)c4)cc23)CC1. The molecule has 1 aliphatic heterocycles. The molecule has 2 aliphatic rings. The van der Waals surface area contributed by atoms with Crippen LogP contribution in [0, 0.1) is 5.92 Å². The van der Waals surface area contributed by atoms with E-state index in [1.54, 1.807) is 14.2 Å². The van der Waals surface area contributed by atoms with E-state index in [0.29, 0.717) is 18.0 Å². The van der Waals surface area contributed by atoms with Crippen LogP contribution in [0.25, 0.3) is 10.8 Å². The summed E-state index contributed by atoms with van der Waals surface area (Å²) in [4.78, 5) is 17.3. The molecule has 3 aromatic rings. The van der Waals surface area contributed by atoms with E-state index in [-0.39, 0.29) is 23.7 Å². The lowest BCUT2D eigenvalue weighted by molar-refractivity contribution is -0.127. The van der Waals surface area contributed by atoms with E-state index in [1.807, 2.05) is 34.9 Å². The fourth-order valence-electron chi connectivity index (χ4n) is 5.89. The van der Waals surface area contributed by atoms with Crippen LogP contribution in [0.1, 0.15) is 50.6 Å². The molecule has 8 heteroatoms. The summed E-state index contributed by atoms with van der Waals surface area (Å²) >= 11 is 0. The maximum atomic E-state index is 12.4. The summed E-state index contributed by atoms with van der Waals surface area (Å²) in [6.45, 7) is 7.93. The van der Waals surface area contributed by atoms with Gasteiger partial charge in [0, 0.05) is 61.3 Å². The van der Waals surface area contributed by atoms with Crippen molar-refractivity contribution in [1.82, 2.24) is 14.8 Å². The number of ether oxygens (including phenoxy) is 2. The number of methoxy groups -OCH3 is 2. The molecule has 0 spiro atoms. The van der Waals surface area contributed by atoms with Crippen molar-refractivity contribution < 1.29 is 19.4 Å². The maximum absolute atomic E-state index is 12.4. The number of nitrogens with one attached hydrogen (secondary N) is 1. The van der Waals surface area contributed by atoms with Crippen molar-refractivity contribution in [2.75, 3.05) is 58.4 Å². The fourth-order valence-corrected chi connectivity index (χ4v) is 5.89. The predicted octanol–water partition coefficient (Wildman–Crippen LogP) is 4.79. The van der Waals surface area contributed by atoms with Crippen molar-refractivity contribution in [2.24, 2.45) is 5.92 Å². The first kappa shape index (κ1) is 27.2. The zero-order chi connectivity index (χ0) is 27.4. The van der Waals surface area contributed by atoms with Crippen LogP contribution in [-0.4, -0.2) is 74.0 Å². The maximum Gasteiger partial charge on any atom is 0.223 e. The van der Waals surface area contributed by atoms with Gasteiger partial charge in [0.15, 0.2) is 17.4 Å². The molecule has 1 atom stereocenters. The monoisotopic (exact) mass is 534 g/mol. The molecule has 210 valence electrons. The molecule has 1 amide bonds. The molecule has 39 heavy (non-hydrogen) atoms. The van der Waals surface area contributed by atoms with Crippen LogP contribution in [0.4, 0.5) is 5.69 Å². The van der Waals surface area contributed by atoms with E-state index < -0.39 is 0 Å². The van der Waals surface area contributed by atoms with Crippen molar-refractivity contribution in [3.05, 3.63) is 48.2 Å². The number of hydrogen-bond acceptors (Lipinski definition) is 6. The predicted molar refractivity (Wildman–Crippen MR) is 155 cm³/mol. The van der Waals surface area contributed by atoms with Gasteiger partial charge in [0.2, 0.25) is 5.91 Å². The summed E-state index contributed by atoms with van der Waals surface area (Å²) in [6, 6.07) is 12.0. The first-order valence-electron chi connectivity index (χ1n) is 14.3. The van der Waals surface area contributed by atoms with Crippen molar-refractivity contribution >= 4 is 22.4 Å². The molecule has 2 N–H and O–H groups in total. The molecule has 0 bridgehead atoms. The number of nitrogens with zero attached hydrogens (tertiary/aromatic N) is 3. The second-order valence-electron chi connectivity index (χ2n) is 10.7. The first-order chi connectivity index (χ1) is 19.0. The number of amides is 1. The fraction of sp³-hybridized carbons (Fsp3) is 0.516. The molecular weight excluding hydrogens is 492 g/mol. The van der Waals surface area contributed by atoms with Gasteiger partial charge in [0.25, 0.3) is 0 Å². The number of hydrogen-bond donors (Lipinski definition) is 2. The van der Waals surface area contributed by atoms with E-state index in [1.165, 1.54) is 0 Å². The van der Waals surface area contributed by atoms with Gasteiger partial charge in [-0.3, -0.25) is 4.79 Å². The van der Waals surface area contributed by atoms with Gasteiger partial charge < -0.3 is 34.3 Å². The van der Waals surface area contributed by atoms with E-state index in [9.17, 15) is 9.90 Å². The highest BCUT2D eigenvalue weighted by Crippen LogP contribution is 2.40. The Kier molecular flexibility index (Phi) is 8.50. The Bertz CT molecular complexity index is 1280. The van der Waals surface area contributed by atoms with Gasteiger partial charge in [-0.05, 0) is 62.1 Å². The number of aromatic nitrogens is 1. The molecule has 0 unspecified atom stereocenters. The summed E-state index contributed by atoms with van der Waals surface area (Å²) in [5.74, 6) is 1.94. The molecule has 2 aromatic carbocycles. The van der Waals surface area contributed by atoms with Crippen molar-refractivity contribution in [3.8, 4) is 17.4 Å². The van der Waals surface area contributed by atoms with Crippen molar-refractivity contribution in [3.63, 3.8) is 0 Å². The number of piperazine rings is 1. The van der Waals surface area contributed by atoms with Gasteiger partial charge in [0.1, 0.15) is 0 Å². The van der Waals surface area contributed by atoms with Gasteiger partial charge >= 0.3 is 0 Å². The molecule has 8 nitrogen and oxygen atoms in total. The van der Waals surface area contributed by atoms with Gasteiger partial charge in [-0.25, -0.2) is 0 Å². The van der Waals surface area contributed by atoms with E-state index >= 15 is 0 Å². The molecule has 1 saturated heterocycles. The van der Waals surface area contributed by atoms with Crippen LogP contribution in [0.3, 0.4) is 0 Å². The quantitative estimate of drug-likeness (QED) is 0.345. The Morgan fingerprint density at radius 2 is 1.82 bits per heavy atom. The lowest BCUT2D eigenvalue weighted by atomic mass is 9.85. The van der Waals surface area contributed by atoms with Gasteiger partial charge in [-0.1, -0.05) is 25.5 Å². The molecule has 0 radical (unpaired) electrons. The molecule has 5 rings (SSSR count). The Balaban J connectivity index is 1.44. The van der Waals surface area contributed by atoms with Gasteiger partial charge in [-0.2, -0.15) is 0 Å². The lowest BCUT2D eigenvalue weighted by Crippen LogP contribution is -2.46. The largest absolute Gasteiger partial charge is 0.494 e. The smallest absolute Gasteiger partial charge is 0.223 e. The highest BCUT2D eigenvalue weighted by molar-refractivity contribution is 5.98. The first-order valence-corrected chi connectivity index (χ1v) is 14.3. The number of carbonyl (C=O) groups excluding carboxylic acids is 1. The third-order valence-electron chi connectivity index (χ3n) is 8.55. The lowest BCUT2D eigenvalue weighted by Gasteiger charge is -2.35. The zero-order valence-corrected chi connectivity index (χ0v) is 23.5. The van der Waals surface area contributed by atoms with Crippen molar-refractivity contribution in [1.29, 1.82) is 0 Å². The van der Waals surface area contributed by atoms with Crippen LogP contribution >= 0.6 is 0 Å². The van der Waals surface area contributed by atoms with Crippen LogP contribution in [-0.2, 0) is 4.79 Å². The molecular formula is C31H42N4O4. The van der Waals surface area contributed by atoms with Crippen LogP contribution < -0.4 is 19.7 Å². The van der Waals surface area contributed by atoms with E-state index in [4.69, 9.17) is 9.47 Å². The highest BCUT2D eigenvalue weighted by Gasteiger charge is 2.26. The number of anilines is 1. The van der Waals surface area contributed by atoms with E-state index in [0.717, 1.165) is 86.9 Å². The normalized spacial score (nSPS) is 17.2. The molecule has 2 fully saturated rings. The standard InChI is InChI=1S/C31H42N4O4/c1-4-33-16-18-34(19-17-33)27-11-6-10-24-25(27)21-35(31(24)37)26(12-7-15-32-30(36)22-8-5-9-22)23-13-14-28(38-2)29(20-23)39-3/h6,10-11,13-14,20-22,26,37H,4-5,7-9,12,15-19H2,1-3H3,(H,32,36)/t26-/m1/s1. The van der Waals surface area contributed by atoms with Crippen LogP contribution in [0.2, 0.25) is 0 Å². The number of aromatic hydroxyl groups is 1. The third-order valence-corrected chi connectivity index (χ3v) is 8.55. The number of carbonyl (C=O) groups is 1. The molecule has 1 aromatic heterocycles. The number of likely N-dealkylation sites (N-methyl/N-ethyl adjacent to an activating group) is 1. The Hall–Kier alpha value is -3.39.